The monoisotopic (exact) mass is 456 g/mol. The topological polar surface area (TPSA) is 54.8 Å². The Morgan fingerprint density at radius 3 is 2.66 bits per heavy atom. The number of hydrogen-bond acceptors (Lipinski definition) is 5. The van der Waals surface area contributed by atoms with E-state index in [-0.39, 0.29) is 11.1 Å². The zero-order valence-corrected chi connectivity index (χ0v) is 21.6. The van der Waals surface area contributed by atoms with Crippen molar-refractivity contribution >= 4 is 19.2 Å². The zero-order chi connectivity index (χ0) is 23.1. The Morgan fingerprint density at radius 2 is 2.03 bits per heavy atom. The van der Waals surface area contributed by atoms with Gasteiger partial charge in [0.05, 0.1) is 18.7 Å². The first-order valence-electron chi connectivity index (χ1n) is 12.1. The predicted octanol–water partition coefficient (Wildman–Crippen LogP) is 5.40. The molecule has 3 fully saturated rings. The molecule has 3 saturated heterocycles. The first kappa shape index (κ1) is 23.7. The number of aliphatic hydroxyl groups excluding tert-OH is 1. The summed E-state index contributed by atoms with van der Waals surface area (Å²) in [5.74, 6) is 2.13. The van der Waals surface area contributed by atoms with E-state index in [1.54, 1.807) is 7.11 Å². The quantitative estimate of drug-likeness (QED) is 0.566. The van der Waals surface area contributed by atoms with Gasteiger partial charge in [0.2, 0.25) is 0 Å². The molecule has 1 unspecified atom stereocenters. The van der Waals surface area contributed by atoms with Gasteiger partial charge in [-0.25, -0.2) is 0 Å². The van der Waals surface area contributed by atoms with Crippen molar-refractivity contribution in [1.29, 1.82) is 0 Å². The van der Waals surface area contributed by atoms with Gasteiger partial charge in [0.1, 0.15) is 5.75 Å². The molecule has 1 aromatic carbocycles. The third-order valence-corrected chi connectivity index (χ3v) is 12.8. The number of benzene rings is 1. The summed E-state index contributed by atoms with van der Waals surface area (Å²) in [5.41, 5.74) is 2.22. The van der Waals surface area contributed by atoms with Crippen molar-refractivity contribution in [2.45, 2.75) is 70.3 Å². The molecule has 6 heteroatoms. The van der Waals surface area contributed by atoms with Crippen LogP contribution in [-0.2, 0) is 4.43 Å². The van der Waals surface area contributed by atoms with Crippen LogP contribution in [0.5, 0.6) is 5.75 Å². The molecule has 3 aliphatic rings. The van der Waals surface area contributed by atoms with E-state index in [0.717, 1.165) is 42.6 Å². The normalized spacial score (nSPS) is 27.0. The van der Waals surface area contributed by atoms with E-state index in [4.69, 9.17) is 9.16 Å². The third-order valence-electron chi connectivity index (χ3n) is 8.30. The molecule has 0 amide bonds. The molecule has 32 heavy (non-hydrogen) atoms. The van der Waals surface area contributed by atoms with Gasteiger partial charge in [-0.1, -0.05) is 20.8 Å². The van der Waals surface area contributed by atoms with E-state index in [2.05, 4.69) is 55.9 Å². The lowest BCUT2D eigenvalue weighted by atomic mass is 9.72. The van der Waals surface area contributed by atoms with E-state index in [9.17, 15) is 5.11 Å². The highest BCUT2D eigenvalue weighted by Gasteiger charge is 2.47. The Balaban J connectivity index is 1.77. The van der Waals surface area contributed by atoms with Gasteiger partial charge in [0.25, 0.3) is 0 Å². The molecule has 0 radical (unpaired) electrons. The largest absolute Gasteiger partial charge is 0.497 e. The maximum Gasteiger partial charge on any atom is 0.192 e. The van der Waals surface area contributed by atoms with Crippen LogP contribution in [0, 0.1) is 11.8 Å². The van der Waals surface area contributed by atoms with Crippen molar-refractivity contribution in [3.05, 3.63) is 36.0 Å². The lowest BCUT2D eigenvalue weighted by Crippen LogP contribution is -2.57. The van der Waals surface area contributed by atoms with Crippen LogP contribution in [0.25, 0.3) is 10.9 Å². The van der Waals surface area contributed by atoms with Gasteiger partial charge >= 0.3 is 0 Å². The second-order valence-electron chi connectivity index (χ2n) is 11.2. The number of hydrogen-bond donors (Lipinski definition) is 1. The molecule has 1 aromatic heterocycles. The summed E-state index contributed by atoms with van der Waals surface area (Å²) in [6.45, 7) is 14.1. The molecule has 5 atom stereocenters. The molecular weight excluding hydrogens is 416 g/mol. The highest BCUT2D eigenvalue weighted by Crippen LogP contribution is 2.47. The molecule has 0 aliphatic carbocycles. The minimum absolute atomic E-state index is 0.00590. The lowest BCUT2D eigenvalue weighted by molar-refractivity contribution is -0.0559. The predicted molar refractivity (Wildman–Crippen MR) is 133 cm³/mol. The van der Waals surface area contributed by atoms with Crippen molar-refractivity contribution < 1.29 is 14.3 Å². The number of aromatic nitrogens is 1. The second-order valence-corrected chi connectivity index (χ2v) is 16.0. The molecule has 4 heterocycles. The maximum absolute atomic E-state index is 9.55. The van der Waals surface area contributed by atoms with Crippen LogP contribution in [0.2, 0.25) is 18.1 Å². The smallest absolute Gasteiger partial charge is 0.192 e. The average Bonchev–Trinajstić information content (AvgIpc) is 2.77. The Hall–Kier alpha value is -1.47. The van der Waals surface area contributed by atoms with E-state index in [1.165, 1.54) is 12.0 Å². The SMILES string of the molecule is COc1ccc2nccc([C@@H](O[Si](C)(C)C(C)(C)C)[C@@H]3C[C@@H]4CCN3C[C@@H]4CCO)c2c1. The van der Waals surface area contributed by atoms with Crippen molar-refractivity contribution in [2.24, 2.45) is 11.8 Å². The summed E-state index contributed by atoms with van der Waals surface area (Å²) in [4.78, 5) is 7.28. The number of ether oxygens (including phenoxy) is 1. The second kappa shape index (κ2) is 9.05. The zero-order valence-electron chi connectivity index (χ0n) is 20.6. The summed E-state index contributed by atoms with van der Waals surface area (Å²) >= 11 is 0. The Morgan fingerprint density at radius 1 is 1.25 bits per heavy atom. The van der Waals surface area contributed by atoms with Gasteiger partial charge in [0.15, 0.2) is 8.32 Å². The van der Waals surface area contributed by atoms with Crippen LogP contribution >= 0.6 is 0 Å². The van der Waals surface area contributed by atoms with E-state index < -0.39 is 8.32 Å². The van der Waals surface area contributed by atoms with Crippen LogP contribution < -0.4 is 4.74 Å². The van der Waals surface area contributed by atoms with E-state index >= 15 is 0 Å². The van der Waals surface area contributed by atoms with Crippen LogP contribution in [0.3, 0.4) is 0 Å². The summed E-state index contributed by atoms with van der Waals surface area (Å²) in [5, 5.41) is 10.8. The number of fused-ring (bicyclic) bond motifs is 4. The fraction of sp³-hybridized carbons (Fsp3) is 0.654. The Labute approximate surface area is 194 Å². The first-order chi connectivity index (χ1) is 15.1. The molecule has 5 nitrogen and oxygen atoms in total. The lowest BCUT2D eigenvalue weighted by Gasteiger charge is -2.53. The summed E-state index contributed by atoms with van der Waals surface area (Å²) in [6, 6.07) is 8.66. The van der Waals surface area contributed by atoms with Crippen LogP contribution in [-0.4, -0.2) is 56.2 Å². The fourth-order valence-corrected chi connectivity index (χ4v) is 6.63. The third kappa shape index (κ3) is 4.47. The van der Waals surface area contributed by atoms with Crippen molar-refractivity contribution in [3.63, 3.8) is 0 Å². The molecule has 0 spiro atoms. The maximum atomic E-state index is 9.55. The number of nitrogens with zero attached hydrogens (tertiary/aromatic N) is 2. The Kier molecular flexibility index (Phi) is 6.70. The molecule has 0 saturated carbocycles. The average molecular weight is 457 g/mol. The fourth-order valence-electron chi connectivity index (χ4n) is 5.35. The van der Waals surface area contributed by atoms with Crippen molar-refractivity contribution in [2.75, 3.05) is 26.8 Å². The minimum atomic E-state index is -2.02. The standard InChI is InChI=1S/C26H40N2O3Si/c1-26(2,3)32(5,6)31-25(24-15-18-10-13-28(24)17-19(18)11-14-29)21-9-12-27-23-8-7-20(30-4)16-22(21)23/h7-9,12,16,18-19,24-25,29H,10-11,13-15,17H2,1-6H3/t18-,19-,24-,25+/m0/s1. The molecule has 2 aromatic rings. The first-order valence-corrected chi connectivity index (χ1v) is 15.0. The number of piperidine rings is 3. The van der Waals surface area contributed by atoms with E-state index in [0.29, 0.717) is 24.5 Å². The van der Waals surface area contributed by atoms with Crippen LogP contribution in [0.15, 0.2) is 30.5 Å². The van der Waals surface area contributed by atoms with Gasteiger partial charge in [0, 0.05) is 30.8 Å². The molecule has 5 rings (SSSR count). The summed E-state index contributed by atoms with van der Waals surface area (Å²) in [7, 11) is -0.306. The van der Waals surface area contributed by atoms with Gasteiger partial charge < -0.3 is 14.3 Å². The van der Waals surface area contributed by atoms with Crippen molar-refractivity contribution in [3.8, 4) is 5.75 Å². The van der Waals surface area contributed by atoms with Gasteiger partial charge in [-0.15, -0.1) is 0 Å². The minimum Gasteiger partial charge on any atom is -0.497 e. The number of rotatable bonds is 7. The van der Waals surface area contributed by atoms with Crippen LogP contribution in [0.1, 0.15) is 51.7 Å². The van der Waals surface area contributed by atoms with Gasteiger partial charge in [-0.2, -0.15) is 0 Å². The van der Waals surface area contributed by atoms with Crippen molar-refractivity contribution in [1.82, 2.24) is 9.88 Å². The number of methoxy groups -OCH3 is 1. The summed E-state index contributed by atoms with van der Waals surface area (Å²) < 4.78 is 12.8. The number of pyridine rings is 1. The molecule has 2 bridgehead atoms. The molecule has 1 N–H and O–H groups in total. The highest BCUT2D eigenvalue weighted by molar-refractivity contribution is 6.74. The van der Waals surface area contributed by atoms with Gasteiger partial charge in [-0.05, 0) is 85.6 Å². The summed E-state index contributed by atoms with van der Waals surface area (Å²) in [6.07, 6.45) is 5.22. The molecule has 3 aliphatic heterocycles. The number of aliphatic hydroxyl groups is 1. The van der Waals surface area contributed by atoms with Gasteiger partial charge in [-0.3, -0.25) is 9.88 Å². The molecule has 176 valence electrons. The molecular formula is C26H40N2O3Si. The Bertz CT molecular complexity index is 942. The highest BCUT2D eigenvalue weighted by atomic mass is 28.4. The van der Waals surface area contributed by atoms with Crippen LogP contribution in [0.4, 0.5) is 0 Å². The van der Waals surface area contributed by atoms with E-state index in [1.807, 2.05) is 18.3 Å².